The van der Waals surface area contributed by atoms with Crippen LogP contribution in [0.4, 0.5) is 11.4 Å². The van der Waals surface area contributed by atoms with Gasteiger partial charge >= 0.3 is 5.97 Å². The van der Waals surface area contributed by atoms with Gasteiger partial charge in [-0.25, -0.2) is 0 Å². The van der Waals surface area contributed by atoms with Gasteiger partial charge in [-0.3, -0.25) is 14.4 Å². The van der Waals surface area contributed by atoms with Crippen LogP contribution >= 0.6 is 0 Å². The van der Waals surface area contributed by atoms with Crippen LogP contribution in [0.5, 0.6) is 0 Å². The van der Waals surface area contributed by atoms with Crippen molar-refractivity contribution in [3.05, 3.63) is 36.9 Å². The topological polar surface area (TPSA) is 99.6 Å². The van der Waals surface area contributed by atoms with Gasteiger partial charge in [0.1, 0.15) is 17.6 Å². The zero-order valence-corrected chi connectivity index (χ0v) is 22.3. The molecule has 2 unspecified atom stereocenters. The van der Waals surface area contributed by atoms with E-state index in [9.17, 15) is 19.5 Å². The first-order valence-electron chi connectivity index (χ1n) is 13.3. The summed E-state index contributed by atoms with van der Waals surface area (Å²) in [5.41, 5.74) is -0.307. The molecule has 37 heavy (non-hydrogen) atoms. The summed E-state index contributed by atoms with van der Waals surface area (Å²) in [6.07, 6.45) is 2.65. The first-order chi connectivity index (χ1) is 17.7. The molecule has 0 aliphatic carbocycles. The molecule has 3 saturated heterocycles. The molecule has 202 valence electrons. The summed E-state index contributed by atoms with van der Waals surface area (Å²) in [7, 11) is 0. The second-order valence-electron chi connectivity index (χ2n) is 10.2. The minimum absolute atomic E-state index is 0.0219. The van der Waals surface area contributed by atoms with Crippen LogP contribution in [-0.4, -0.2) is 84.4 Å². The van der Waals surface area contributed by atoms with Crippen LogP contribution in [0.1, 0.15) is 40.5 Å². The van der Waals surface area contributed by atoms with E-state index in [2.05, 4.69) is 25.3 Å². The molecule has 0 aromatic heterocycles. The van der Waals surface area contributed by atoms with Crippen molar-refractivity contribution in [1.29, 1.82) is 0 Å². The van der Waals surface area contributed by atoms with E-state index in [1.54, 1.807) is 17.9 Å². The highest BCUT2D eigenvalue weighted by Gasteiger charge is 2.78. The van der Waals surface area contributed by atoms with Gasteiger partial charge in [0, 0.05) is 37.6 Å². The standard InChI is InChI=1S/C28H39N3O6/c1-6-16-30(20-12-10-19(11-13-20)29(7-2)8-3)25(34)23-28-15-14-27(5,37-28)22(26(35)36-9-4)21(28)24(33)31(23)17-18-32/h6,10-13,21-23,32H,1,7-9,14-18H2,2-5H3/t21-,22-,23?,27+,28?/m0/s1. The largest absolute Gasteiger partial charge is 0.466 e. The minimum Gasteiger partial charge on any atom is -0.466 e. The fourth-order valence-electron chi connectivity index (χ4n) is 6.67. The number of hydrogen-bond acceptors (Lipinski definition) is 7. The van der Waals surface area contributed by atoms with Gasteiger partial charge in [0.05, 0.1) is 24.7 Å². The van der Waals surface area contributed by atoms with Crippen LogP contribution < -0.4 is 9.80 Å². The van der Waals surface area contributed by atoms with Crippen LogP contribution in [0.15, 0.2) is 36.9 Å². The molecule has 0 saturated carbocycles. The molecular formula is C28H39N3O6. The lowest BCUT2D eigenvalue weighted by molar-refractivity contribution is -0.159. The maximum absolute atomic E-state index is 14.3. The summed E-state index contributed by atoms with van der Waals surface area (Å²) >= 11 is 0. The van der Waals surface area contributed by atoms with E-state index < -0.39 is 35.0 Å². The van der Waals surface area contributed by atoms with E-state index >= 15 is 0 Å². The van der Waals surface area contributed by atoms with E-state index in [-0.39, 0.29) is 38.1 Å². The SMILES string of the molecule is C=CCN(C(=O)C1N(CCO)C(=O)[C@@H]2[C@@H](C(=O)OCC)[C@@]3(C)CCC12O3)c1ccc(N(CC)CC)cc1. The molecule has 3 heterocycles. The summed E-state index contributed by atoms with van der Waals surface area (Å²) in [6.45, 7) is 13.4. The number of nitrogens with zero attached hydrogens (tertiary/aromatic N) is 3. The molecule has 0 radical (unpaired) electrons. The van der Waals surface area contributed by atoms with E-state index in [0.717, 1.165) is 18.8 Å². The van der Waals surface area contributed by atoms with Crippen LogP contribution in [-0.2, 0) is 23.9 Å². The maximum atomic E-state index is 14.3. The molecule has 5 atom stereocenters. The molecule has 9 nitrogen and oxygen atoms in total. The maximum Gasteiger partial charge on any atom is 0.312 e. The van der Waals surface area contributed by atoms with Gasteiger partial charge in [0.15, 0.2) is 0 Å². The van der Waals surface area contributed by atoms with Crippen molar-refractivity contribution < 1.29 is 29.0 Å². The predicted molar refractivity (Wildman–Crippen MR) is 140 cm³/mol. The van der Waals surface area contributed by atoms with Crippen LogP contribution in [0.2, 0.25) is 0 Å². The average molecular weight is 514 g/mol. The fraction of sp³-hybridized carbons (Fsp3) is 0.607. The predicted octanol–water partition coefficient (Wildman–Crippen LogP) is 2.37. The molecule has 1 N–H and O–H groups in total. The fourth-order valence-corrected chi connectivity index (χ4v) is 6.67. The Bertz CT molecular complexity index is 1040. The molecule has 1 aromatic rings. The Kier molecular flexibility index (Phi) is 7.67. The molecule has 3 aliphatic heterocycles. The number of carbonyl (C=O) groups is 3. The molecule has 4 rings (SSSR count). The normalized spacial score (nSPS) is 29.8. The summed E-state index contributed by atoms with van der Waals surface area (Å²) in [6, 6.07) is 6.78. The number of fused-ring (bicyclic) bond motifs is 1. The zero-order chi connectivity index (χ0) is 27.0. The number of carbonyl (C=O) groups excluding carboxylic acids is 3. The van der Waals surface area contributed by atoms with Crippen molar-refractivity contribution in [2.45, 2.75) is 57.8 Å². The van der Waals surface area contributed by atoms with E-state index in [4.69, 9.17) is 9.47 Å². The molecule has 3 fully saturated rings. The second-order valence-corrected chi connectivity index (χ2v) is 10.2. The number of likely N-dealkylation sites (tertiary alicyclic amines) is 1. The van der Waals surface area contributed by atoms with Crippen LogP contribution in [0.3, 0.4) is 0 Å². The number of amides is 2. The lowest BCUT2D eigenvalue weighted by Gasteiger charge is -2.36. The number of anilines is 2. The van der Waals surface area contributed by atoms with E-state index in [1.807, 2.05) is 31.2 Å². The van der Waals surface area contributed by atoms with Crippen molar-refractivity contribution in [2.75, 3.05) is 49.2 Å². The highest BCUT2D eigenvalue weighted by molar-refractivity contribution is 6.05. The van der Waals surface area contributed by atoms with Crippen molar-refractivity contribution >= 4 is 29.2 Å². The van der Waals surface area contributed by atoms with Crippen molar-refractivity contribution in [1.82, 2.24) is 4.90 Å². The second kappa shape index (κ2) is 10.5. The lowest BCUT2D eigenvalue weighted by atomic mass is 9.66. The van der Waals surface area contributed by atoms with Gasteiger partial charge in [0.25, 0.3) is 5.91 Å². The van der Waals surface area contributed by atoms with Gasteiger partial charge in [-0.05, 0) is 64.8 Å². The monoisotopic (exact) mass is 513 g/mol. The van der Waals surface area contributed by atoms with E-state index in [0.29, 0.717) is 18.5 Å². The lowest BCUT2D eigenvalue weighted by Crippen LogP contribution is -2.56. The third-order valence-corrected chi connectivity index (χ3v) is 8.26. The third kappa shape index (κ3) is 4.22. The van der Waals surface area contributed by atoms with Gasteiger partial charge in [-0.15, -0.1) is 6.58 Å². The van der Waals surface area contributed by atoms with Crippen molar-refractivity contribution in [3.8, 4) is 0 Å². The highest BCUT2D eigenvalue weighted by Crippen LogP contribution is 2.63. The molecule has 2 amide bonds. The van der Waals surface area contributed by atoms with Gasteiger partial charge in [0.2, 0.25) is 5.91 Å². The van der Waals surface area contributed by atoms with Gasteiger partial charge < -0.3 is 29.3 Å². The minimum atomic E-state index is -1.16. The first kappa shape index (κ1) is 27.1. The van der Waals surface area contributed by atoms with Crippen molar-refractivity contribution in [2.24, 2.45) is 11.8 Å². The number of ether oxygens (including phenoxy) is 2. The Hall–Kier alpha value is -2.91. The highest BCUT2D eigenvalue weighted by atomic mass is 16.6. The number of aliphatic hydroxyl groups excluding tert-OH is 1. The van der Waals surface area contributed by atoms with Crippen LogP contribution in [0.25, 0.3) is 0 Å². The van der Waals surface area contributed by atoms with E-state index in [1.165, 1.54) is 4.90 Å². The molecule has 3 aliphatic rings. The quantitative estimate of drug-likeness (QED) is 0.358. The van der Waals surface area contributed by atoms with Gasteiger partial charge in [-0.2, -0.15) is 0 Å². The summed E-state index contributed by atoms with van der Waals surface area (Å²) < 4.78 is 11.9. The Morgan fingerprint density at radius 1 is 1.19 bits per heavy atom. The molecule has 2 bridgehead atoms. The Morgan fingerprint density at radius 2 is 1.84 bits per heavy atom. The zero-order valence-electron chi connectivity index (χ0n) is 22.3. The third-order valence-electron chi connectivity index (χ3n) is 8.26. The Morgan fingerprint density at radius 3 is 2.41 bits per heavy atom. The average Bonchev–Trinajstić information content (AvgIpc) is 3.45. The first-order valence-corrected chi connectivity index (χ1v) is 13.3. The smallest absolute Gasteiger partial charge is 0.312 e. The number of rotatable bonds is 11. The van der Waals surface area contributed by atoms with Crippen LogP contribution in [0, 0.1) is 11.8 Å². The summed E-state index contributed by atoms with van der Waals surface area (Å²) in [5.74, 6) is -2.76. The molecule has 9 heteroatoms. The number of hydrogen-bond donors (Lipinski definition) is 1. The van der Waals surface area contributed by atoms with Crippen molar-refractivity contribution in [3.63, 3.8) is 0 Å². The molecule has 1 aromatic carbocycles. The molecule has 1 spiro atoms. The number of β-amino-alcohol motifs (C(OH)–C–C–N with tert-alkyl or cyclic N) is 1. The van der Waals surface area contributed by atoms with Gasteiger partial charge in [-0.1, -0.05) is 6.08 Å². The number of esters is 1. The Labute approximate surface area is 219 Å². The summed E-state index contributed by atoms with van der Waals surface area (Å²) in [4.78, 5) is 46.4. The number of aliphatic hydroxyl groups is 1. The number of benzene rings is 1. The molecular weight excluding hydrogens is 474 g/mol. The summed E-state index contributed by atoms with van der Waals surface area (Å²) in [5, 5.41) is 9.80. The Balaban J connectivity index is 1.74.